The van der Waals surface area contributed by atoms with Crippen LogP contribution in [0, 0.1) is 17.7 Å². The highest BCUT2D eigenvalue weighted by molar-refractivity contribution is 5.95. The van der Waals surface area contributed by atoms with Gasteiger partial charge in [-0.1, -0.05) is 12.5 Å². The van der Waals surface area contributed by atoms with Crippen molar-refractivity contribution >= 4 is 11.6 Å². The summed E-state index contributed by atoms with van der Waals surface area (Å²) in [6.07, 6.45) is 2.84. The third-order valence-corrected chi connectivity index (χ3v) is 5.46. The van der Waals surface area contributed by atoms with E-state index in [1.54, 1.807) is 17.0 Å². The fourth-order valence-electron chi connectivity index (χ4n) is 3.98. The van der Waals surface area contributed by atoms with Crippen molar-refractivity contribution in [3.63, 3.8) is 0 Å². The molecule has 27 heavy (non-hydrogen) atoms. The molecule has 2 aromatic rings. The second kappa shape index (κ2) is 7.56. The van der Waals surface area contributed by atoms with Gasteiger partial charge in [0.15, 0.2) is 11.5 Å². The van der Waals surface area contributed by atoms with Crippen molar-refractivity contribution in [2.75, 3.05) is 18.2 Å². The molecule has 0 aromatic heterocycles. The Kier molecular flexibility index (Phi) is 4.99. The average molecular weight is 370 g/mol. The van der Waals surface area contributed by atoms with Crippen molar-refractivity contribution in [1.82, 2.24) is 0 Å². The Hall–Kier alpha value is -2.60. The summed E-state index contributed by atoms with van der Waals surface area (Å²) in [5.41, 5.74) is 7.50. The van der Waals surface area contributed by atoms with Crippen molar-refractivity contribution in [3.05, 3.63) is 53.8 Å². The standard InChI is InChI=1S/C21H23FN2O3/c22-16-5-7-17(8-6-16)24(21(25)18-3-1-2-15(18)11-23)12-14-4-9-19-20(10-14)27-13-26-19/h4-10,15,18H,1-3,11-13,23H2/t15-,18-/m1/s1. The molecule has 2 aromatic carbocycles. The van der Waals surface area contributed by atoms with Crippen molar-refractivity contribution < 1.29 is 18.7 Å². The van der Waals surface area contributed by atoms with Gasteiger partial charge in [-0.05, 0) is 67.3 Å². The molecule has 0 radical (unpaired) electrons. The number of ether oxygens (including phenoxy) is 2. The van der Waals surface area contributed by atoms with E-state index in [9.17, 15) is 9.18 Å². The molecular formula is C21H23FN2O3. The average Bonchev–Trinajstić information content (AvgIpc) is 3.35. The minimum Gasteiger partial charge on any atom is -0.454 e. The highest BCUT2D eigenvalue weighted by atomic mass is 19.1. The summed E-state index contributed by atoms with van der Waals surface area (Å²) in [5, 5.41) is 0. The molecule has 1 amide bonds. The topological polar surface area (TPSA) is 64.8 Å². The second-order valence-corrected chi connectivity index (χ2v) is 7.12. The zero-order chi connectivity index (χ0) is 18.8. The number of benzene rings is 2. The highest BCUT2D eigenvalue weighted by Crippen LogP contribution is 2.36. The lowest BCUT2D eigenvalue weighted by molar-refractivity contribution is -0.123. The van der Waals surface area contributed by atoms with E-state index in [-0.39, 0.29) is 30.4 Å². The summed E-state index contributed by atoms with van der Waals surface area (Å²) < 4.78 is 24.2. The summed E-state index contributed by atoms with van der Waals surface area (Å²) in [6, 6.07) is 11.7. The van der Waals surface area contributed by atoms with Crippen molar-refractivity contribution in [1.29, 1.82) is 0 Å². The first kappa shape index (κ1) is 17.8. The van der Waals surface area contributed by atoms with Crippen LogP contribution in [0.1, 0.15) is 24.8 Å². The fourth-order valence-corrected chi connectivity index (χ4v) is 3.98. The monoisotopic (exact) mass is 370 g/mol. The molecule has 2 aliphatic rings. The Morgan fingerprint density at radius 1 is 1.11 bits per heavy atom. The van der Waals surface area contributed by atoms with Crippen LogP contribution in [0.15, 0.2) is 42.5 Å². The fraction of sp³-hybridized carbons (Fsp3) is 0.381. The minimum atomic E-state index is -0.324. The van der Waals surface area contributed by atoms with Crippen LogP contribution in [0.5, 0.6) is 11.5 Å². The highest BCUT2D eigenvalue weighted by Gasteiger charge is 2.35. The third kappa shape index (κ3) is 3.62. The number of rotatable bonds is 5. The molecule has 1 fully saturated rings. The Bertz CT molecular complexity index is 825. The summed E-state index contributed by atoms with van der Waals surface area (Å²) >= 11 is 0. The number of hydrogen-bond donors (Lipinski definition) is 1. The molecule has 1 aliphatic carbocycles. The molecule has 2 atom stereocenters. The quantitative estimate of drug-likeness (QED) is 0.875. The first-order valence-corrected chi connectivity index (χ1v) is 9.31. The van der Waals surface area contributed by atoms with Gasteiger partial charge in [0.2, 0.25) is 12.7 Å². The van der Waals surface area contributed by atoms with E-state index < -0.39 is 0 Å². The van der Waals surface area contributed by atoms with Crippen LogP contribution in [-0.4, -0.2) is 19.2 Å². The minimum absolute atomic E-state index is 0.0484. The normalized spacial score (nSPS) is 20.7. The lowest BCUT2D eigenvalue weighted by atomic mass is 9.94. The summed E-state index contributed by atoms with van der Waals surface area (Å²) in [7, 11) is 0. The summed E-state index contributed by atoms with van der Waals surface area (Å²) in [5.74, 6) is 1.23. The third-order valence-electron chi connectivity index (χ3n) is 5.46. The van der Waals surface area contributed by atoms with E-state index in [1.165, 1.54) is 12.1 Å². The lowest BCUT2D eigenvalue weighted by Gasteiger charge is -2.28. The molecule has 1 saturated carbocycles. The molecule has 6 heteroatoms. The number of amides is 1. The zero-order valence-corrected chi connectivity index (χ0v) is 15.1. The van der Waals surface area contributed by atoms with Crippen LogP contribution in [0.4, 0.5) is 10.1 Å². The van der Waals surface area contributed by atoms with Gasteiger partial charge in [0.1, 0.15) is 5.82 Å². The number of carbonyl (C=O) groups excluding carboxylic acids is 1. The Labute approximate surface area is 157 Å². The molecule has 0 bridgehead atoms. The largest absolute Gasteiger partial charge is 0.454 e. The van der Waals surface area contributed by atoms with E-state index in [4.69, 9.17) is 15.2 Å². The maximum atomic E-state index is 13.4. The molecular weight excluding hydrogens is 347 g/mol. The molecule has 0 spiro atoms. The molecule has 5 nitrogen and oxygen atoms in total. The van der Waals surface area contributed by atoms with Crippen molar-refractivity contribution in [3.8, 4) is 11.5 Å². The zero-order valence-electron chi connectivity index (χ0n) is 15.1. The maximum absolute atomic E-state index is 13.4. The van der Waals surface area contributed by atoms with Gasteiger partial charge < -0.3 is 20.1 Å². The SMILES string of the molecule is NC[C@H]1CCC[C@H]1C(=O)N(Cc1ccc2c(c1)OCO2)c1ccc(F)cc1. The van der Waals surface area contributed by atoms with Gasteiger partial charge in [0.25, 0.3) is 0 Å². The molecule has 0 unspecified atom stereocenters. The van der Waals surface area contributed by atoms with Crippen LogP contribution in [-0.2, 0) is 11.3 Å². The van der Waals surface area contributed by atoms with E-state index in [0.29, 0.717) is 30.3 Å². The second-order valence-electron chi connectivity index (χ2n) is 7.12. The Morgan fingerprint density at radius 3 is 2.67 bits per heavy atom. The number of nitrogens with two attached hydrogens (primary N) is 1. The van der Waals surface area contributed by atoms with Crippen LogP contribution in [0.25, 0.3) is 0 Å². The number of fused-ring (bicyclic) bond motifs is 1. The smallest absolute Gasteiger partial charge is 0.231 e. The van der Waals surface area contributed by atoms with E-state index >= 15 is 0 Å². The van der Waals surface area contributed by atoms with Crippen LogP contribution >= 0.6 is 0 Å². The van der Waals surface area contributed by atoms with E-state index in [0.717, 1.165) is 24.8 Å². The van der Waals surface area contributed by atoms with Crippen molar-refractivity contribution in [2.24, 2.45) is 17.6 Å². The summed E-state index contributed by atoms with van der Waals surface area (Å²) in [4.78, 5) is 15.1. The van der Waals surface area contributed by atoms with Crippen LogP contribution < -0.4 is 20.1 Å². The number of halogens is 1. The molecule has 1 heterocycles. The summed E-state index contributed by atoms with van der Waals surface area (Å²) in [6.45, 7) is 1.10. The number of nitrogens with zero attached hydrogens (tertiary/aromatic N) is 1. The van der Waals surface area contributed by atoms with Crippen LogP contribution in [0.3, 0.4) is 0 Å². The molecule has 1 aliphatic heterocycles. The Balaban J connectivity index is 1.63. The first-order valence-electron chi connectivity index (χ1n) is 9.31. The number of anilines is 1. The van der Waals surface area contributed by atoms with Gasteiger partial charge in [-0.15, -0.1) is 0 Å². The van der Waals surface area contributed by atoms with Gasteiger partial charge in [-0.3, -0.25) is 4.79 Å². The van der Waals surface area contributed by atoms with Gasteiger partial charge in [-0.2, -0.15) is 0 Å². The van der Waals surface area contributed by atoms with Gasteiger partial charge >= 0.3 is 0 Å². The Morgan fingerprint density at radius 2 is 1.89 bits per heavy atom. The predicted octanol–water partition coefficient (Wildman–Crippen LogP) is 3.46. The van der Waals surface area contributed by atoms with Crippen LogP contribution in [0.2, 0.25) is 0 Å². The number of carbonyl (C=O) groups is 1. The maximum Gasteiger partial charge on any atom is 0.231 e. The van der Waals surface area contributed by atoms with Gasteiger partial charge in [0, 0.05) is 11.6 Å². The van der Waals surface area contributed by atoms with Crippen molar-refractivity contribution in [2.45, 2.75) is 25.8 Å². The first-order chi connectivity index (χ1) is 13.2. The molecule has 4 rings (SSSR count). The number of hydrogen-bond acceptors (Lipinski definition) is 4. The van der Waals surface area contributed by atoms with Gasteiger partial charge in [-0.25, -0.2) is 4.39 Å². The molecule has 0 saturated heterocycles. The molecule has 142 valence electrons. The van der Waals surface area contributed by atoms with Gasteiger partial charge in [0.05, 0.1) is 6.54 Å². The predicted molar refractivity (Wildman–Crippen MR) is 100 cm³/mol. The lowest BCUT2D eigenvalue weighted by Crippen LogP contribution is -2.38. The molecule has 2 N–H and O–H groups in total. The van der Waals surface area contributed by atoms with E-state index in [1.807, 2.05) is 18.2 Å². The van der Waals surface area contributed by atoms with E-state index in [2.05, 4.69) is 0 Å².